The Morgan fingerprint density at radius 3 is 3.29 bits per heavy atom. The molecule has 1 atom stereocenters. The minimum Gasteiger partial charge on any atom is -0.315 e. The maximum atomic E-state index is 4.14. The third kappa shape index (κ3) is 2.56. The maximum Gasteiger partial charge on any atom is 0.0534 e. The summed E-state index contributed by atoms with van der Waals surface area (Å²) in [5, 5.41) is 11.1. The van der Waals surface area contributed by atoms with Gasteiger partial charge in [-0.25, -0.2) is 0 Å². The van der Waals surface area contributed by atoms with Crippen LogP contribution in [0.2, 0.25) is 0 Å². The summed E-state index contributed by atoms with van der Waals surface area (Å²) in [6.07, 6.45) is 6.55. The van der Waals surface area contributed by atoms with E-state index in [1.807, 2.05) is 17.9 Å². The van der Waals surface area contributed by atoms with Gasteiger partial charge in [0.1, 0.15) is 0 Å². The van der Waals surface area contributed by atoms with E-state index in [0.29, 0.717) is 6.04 Å². The zero-order valence-corrected chi connectivity index (χ0v) is 8.66. The van der Waals surface area contributed by atoms with Crippen LogP contribution < -0.4 is 10.6 Å². The van der Waals surface area contributed by atoms with Crippen LogP contribution in [-0.2, 0) is 13.6 Å². The Hall–Kier alpha value is -0.870. The highest BCUT2D eigenvalue weighted by molar-refractivity contribution is 5.03. The molecule has 1 aromatic rings. The molecule has 4 nitrogen and oxygen atoms in total. The second kappa shape index (κ2) is 4.57. The van der Waals surface area contributed by atoms with E-state index in [1.54, 1.807) is 0 Å². The van der Waals surface area contributed by atoms with E-state index in [-0.39, 0.29) is 0 Å². The summed E-state index contributed by atoms with van der Waals surface area (Å²) in [6, 6.07) is 0.629. The van der Waals surface area contributed by atoms with E-state index in [0.717, 1.165) is 13.1 Å². The molecule has 0 radical (unpaired) electrons. The van der Waals surface area contributed by atoms with Crippen molar-refractivity contribution < 1.29 is 0 Å². The number of aromatic nitrogens is 2. The van der Waals surface area contributed by atoms with E-state index in [9.17, 15) is 0 Å². The Morgan fingerprint density at radius 2 is 2.64 bits per heavy atom. The molecular weight excluding hydrogens is 176 g/mol. The third-order valence-electron chi connectivity index (χ3n) is 2.65. The Morgan fingerprint density at radius 1 is 1.71 bits per heavy atom. The summed E-state index contributed by atoms with van der Waals surface area (Å²) >= 11 is 0. The van der Waals surface area contributed by atoms with Gasteiger partial charge in [0.2, 0.25) is 0 Å². The lowest BCUT2D eigenvalue weighted by Gasteiger charge is -2.23. The SMILES string of the molecule is Cn1cc(CNC2CCCNC2)cn1. The van der Waals surface area contributed by atoms with Crippen LogP contribution in [0.4, 0.5) is 0 Å². The molecule has 0 bridgehead atoms. The third-order valence-corrected chi connectivity index (χ3v) is 2.65. The van der Waals surface area contributed by atoms with Crippen molar-refractivity contribution in [1.82, 2.24) is 20.4 Å². The number of aryl methyl sites for hydroxylation is 1. The normalized spacial score (nSPS) is 22.5. The van der Waals surface area contributed by atoms with Gasteiger partial charge in [-0.2, -0.15) is 5.10 Å². The zero-order chi connectivity index (χ0) is 9.80. The lowest BCUT2D eigenvalue weighted by atomic mass is 10.1. The summed E-state index contributed by atoms with van der Waals surface area (Å²) < 4.78 is 1.84. The van der Waals surface area contributed by atoms with E-state index in [2.05, 4.69) is 21.9 Å². The highest BCUT2D eigenvalue weighted by Gasteiger charge is 2.11. The number of hydrogen-bond acceptors (Lipinski definition) is 3. The van der Waals surface area contributed by atoms with E-state index in [1.165, 1.54) is 24.9 Å². The minimum absolute atomic E-state index is 0.629. The molecule has 1 unspecified atom stereocenters. The van der Waals surface area contributed by atoms with Crippen LogP contribution in [0.5, 0.6) is 0 Å². The molecule has 1 aliphatic heterocycles. The molecule has 2 N–H and O–H groups in total. The van der Waals surface area contributed by atoms with Crippen molar-refractivity contribution in [2.45, 2.75) is 25.4 Å². The molecule has 0 aliphatic carbocycles. The summed E-state index contributed by atoms with van der Waals surface area (Å²) in [7, 11) is 1.95. The van der Waals surface area contributed by atoms with Crippen molar-refractivity contribution in [2.24, 2.45) is 7.05 Å². The standard InChI is InChI=1S/C10H18N4/c1-14-8-9(6-13-14)5-12-10-3-2-4-11-7-10/h6,8,10-12H,2-5,7H2,1H3. The average molecular weight is 194 g/mol. The van der Waals surface area contributed by atoms with Crippen LogP contribution in [-0.4, -0.2) is 28.9 Å². The predicted octanol–water partition coefficient (Wildman–Crippen LogP) is 0.262. The molecule has 2 heterocycles. The molecule has 0 spiro atoms. The van der Waals surface area contributed by atoms with Gasteiger partial charge >= 0.3 is 0 Å². The minimum atomic E-state index is 0.629. The molecule has 14 heavy (non-hydrogen) atoms. The molecule has 1 aromatic heterocycles. The van der Waals surface area contributed by atoms with Gasteiger partial charge in [-0.05, 0) is 19.4 Å². The van der Waals surface area contributed by atoms with Gasteiger partial charge in [-0.3, -0.25) is 4.68 Å². The van der Waals surface area contributed by atoms with Gasteiger partial charge < -0.3 is 10.6 Å². The summed E-state index contributed by atoms with van der Waals surface area (Å²) in [6.45, 7) is 3.20. The van der Waals surface area contributed by atoms with Crippen LogP contribution in [0, 0.1) is 0 Å². The van der Waals surface area contributed by atoms with Crippen LogP contribution in [0.3, 0.4) is 0 Å². The molecule has 4 heteroatoms. The highest BCUT2D eigenvalue weighted by atomic mass is 15.2. The van der Waals surface area contributed by atoms with Crippen LogP contribution in [0.15, 0.2) is 12.4 Å². The zero-order valence-electron chi connectivity index (χ0n) is 8.66. The van der Waals surface area contributed by atoms with Gasteiger partial charge in [0, 0.05) is 37.9 Å². The first-order chi connectivity index (χ1) is 6.84. The second-order valence-electron chi connectivity index (χ2n) is 3.95. The summed E-state index contributed by atoms with van der Waals surface area (Å²) in [4.78, 5) is 0. The Balaban J connectivity index is 1.76. The Bertz CT molecular complexity index is 275. The van der Waals surface area contributed by atoms with E-state index >= 15 is 0 Å². The molecule has 0 aromatic carbocycles. The molecule has 1 fully saturated rings. The van der Waals surface area contributed by atoms with Crippen molar-refractivity contribution in [3.63, 3.8) is 0 Å². The summed E-state index contributed by atoms with van der Waals surface area (Å²) in [5.41, 5.74) is 1.26. The lowest BCUT2D eigenvalue weighted by molar-refractivity contribution is 0.389. The molecule has 0 amide bonds. The van der Waals surface area contributed by atoms with Crippen LogP contribution >= 0.6 is 0 Å². The summed E-state index contributed by atoms with van der Waals surface area (Å²) in [5.74, 6) is 0. The van der Waals surface area contributed by atoms with Crippen molar-refractivity contribution in [3.8, 4) is 0 Å². The Labute approximate surface area is 84.7 Å². The number of rotatable bonds is 3. The average Bonchev–Trinajstić information content (AvgIpc) is 2.63. The molecule has 0 saturated carbocycles. The highest BCUT2D eigenvalue weighted by Crippen LogP contribution is 2.03. The van der Waals surface area contributed by atoms with Gasteiger partial charge in [-0.15, -0.1) is 0 Å². The first-order valence-corrected chi connectivity index (χ1v) is 5.26. The van der Waals surface area contributed by atoms with Crippen molar-refractivity contribution in [3.05, 3.63) is 18.0 Å². The van der Waals surface area contributed by atoms with Crippen LogP contribution in [0.25, 0.3) is 0 Å². The topological polar surface area (TPSA) is 41.9 Å². The molecule has 1 saturated heterocycles. The number of nitrogens with one attached hydrogen (secondary N) is 2. The quantitative estimate of drug-likeness (QED) is 0.725. The van der Waals surface area contributed by atoms with Gasteiger partial charge in [-0.1, -0.05) is 0 Å². The Kier molecular flexibility index (Phi) is 3.16. The molecule has 2 rings (SSSR count). The second-order valence-corrected chi connectivity index (χ2v) is 3.95. The fourth-order valence-electron chi connectivity index (χ4n) is 1.85. The van der Waals surface area contributed by atoms with Crippen molar-refractivity contribution >= 4 is 0 Å². The lowest BCUT2D eigenvalue weighted by Crippen LogP contribution is -2.42. The fraction of sp³-hybridized carbons (Fsp3) is 0.700. The molecule has 78 valence electrons. The first-order valence-electron chi connectivity index (χ1n) is 5.26. The maximum absolute atomic E-state index is 4.14. The number of piperidine rings is 1. The van der Waals surface area contributed by atoms with E-state index in [4.69, 9.17) is 0 Å². The predicted molar refractivity (Wildman–Crippen MR) is 55.9 cm³/mol. The fourth-order valence-corrected chi connectivity index (χ4v) is 1.85. The monoisotopic (exact) mass is 194 g/mol. The van der Waals surface area contributed by atoms with Crippen molar-refractivity contribution in [2.75, 3.05) is 13.1 Å². The number of nitrogens with zero attached hydrogens (tertiary/aromatic N) is 2. The first kappa shape index (κ1) is 9.68. The van der Waals surface area contributed by atoms with Gasteiger partial charge in [0.25, 0.3) is 0 Å². The molecular formula is C10H18N4. The number of hydrogen-bond donors (Lipinski definition) is 2. The van der Waals surface area contributed by atoms with Gasteiger partial charge in [0.15, 0.2) is 0 Å². The van der Waals surface area contributed by atoms with E-state index < -0.39 is 0 Å². The van der Waals surface area contributed by atoms with Gasteiger partial charge in [0.05, 0.1) is 6.20 Å². The molecule has 1 aliphatic rings. The van der Waals surface area contributed by atoms with Crippen molar-refractivity contribution in [1.29, 1.82) is 0 Å². The smallest absolute Gasteiger partial charge is 0.0534 e. The largest absolute Gasteiger partial charge is 0.315 e. The van der Waals surface area contributed by atoms with Crippen LogP contribution in [0.1, 0.15) is 18.4 Å².